The van der Waals surface area contributed by atoms with Crippen molar-refractivity contribution in [2.45, 2.75) is 9.85 Å². The molecule has 3 rings (SSSR count). The number of nitrogens with two attached hydrogens (primary N) is 1. The monoisotopic (exact) mass is 413 g/mol. The van der Waals surface area contributed by atoms with Gasteiger partial charge < -0.3 is 4.74 Å². The fraction of sp³-hybridized carbons (Fsp3) is 0.286. The highest BCUT2D eigenvalue weighted by molar-refractivity contribution is 9.09. The Kier molecular flexibility index (Phi) is 5.11. The molecule has 128 valence electrons. The number of nitrogens with zero attached hydrogens (tertiary/aromatic N) is 4. The summed E-state index contributed by atoms with van der Waals surface area (Å²) in [5.41, 5.74) is 0.722. The molecule has 0 saturated carbocycles. The van der Waals surface area contributed by atoms with E-state index in [1.807, 2.05) is 10.0 Å². The molecule has 1 atom stereocenters. The quantitative estimate of drug-likeness (QED) is 0.593. The molecule has 8 nitrogen and oxygen atoms in total. The Balaban J connectivity index is 2.01. The Hall–Kier alpha value is -1.59. The fourth-order valence-corrected chi connectivity index (χ4v) is 3.44. The van der Waals surface area contributed by atoms with E-state index in [1.54, 1.807) is 30.6 Å². The zero-order chi connectivity index (χ0) is 17.2. The van der Waals surface area contributed by atoms with Crippen LogP contribution in [0.25, 0.3) is 0 Å². The van der Waals surface area contributed by atoms with Crippen LogP contribution in [0.15, 0.2) is 47.6 Å². The summed E-state index contributed by atoms with van der Waals surface area (Å²) in [5.74, 6) is 0.479. The van der Waals surface area contributed by atoms with Gasteiger partial charge in [0.2, 0.25) is 16.0 Å². The van der Waals surface area contributed by atoms with Gasteiger partial charge in [-0.15, -0.1) is 0 Å². The molecule has 0 aliphatic carbocycles. The highest BCUT2D eigenvalue weighted by Gasteiger charge is 2.29. The van der Waals surface area contributed by atoms with Crippen molar-refractivity contribution in [1.82, 2.24) is 15.0 Å². The fourth-order valence-electron chi connectivity index (χ4n) is 2.35. The highest BCUT2D eigenvalue weighted by Crippen LogP contribution is 2.29. The maximum atomic E-state index is 11.4. The van der Waals surface area contributed by atoms with Crippen LogP contribution in [0.4, 0.5) is 11.6 Å². The van der Waals surface area contributed by atoms with Gasteiger partial charge in [0.15, 0.2) is 0 Å². The molecule has 0 radical (unpaired) electrons. The van der Waals surface area contributed by atoms with Crippen LogP contribution in [0.5, 0.6) is 0 Å². The van der Waals surface area contributed by atoms with Crippen LogP contribution in [0, 0.1) is 0 Å². The summed E-state index contributed by atoms with van der Waals surface area (Å²) >= 11 is 3.58. The second-order valence-corrected chi connectivity index (χ2v) is 7.69. The van der Waals surface area contributed by atoms with Crippen LogP contribution < -0.4 is 10.1 Å². The molecule has 1 aliphatic heterocycles. The molecule has 2 heterocycles. The number of aromatic nitrogens is 2. The van der Waals surface area contributed by atoms with Crippen molar-refractivity contribution in [2.24, 2.45) is 5.14 Å². The molecule has 1 unspecified atom stereocenters. The predicted octanol–water partition coefficient (Wildman–Crippen LogP) is 1.23. The van der Waals surface area contributed by atoms with E-state index < -0.39 is 10.0 Å². The van der Waals surface area contributed by atoms with Crippen molar-refractivity contribution in [3.63, 3.8) is 0 Å². The summed E-state index contributed by atoms with van der Waals surface area (Å²) in [4.78, 5) is 8.60. The summed E-state index contributed by atoms with van der Waals surface area (Å²) in [6, 6.07) is 8.00. The van der Waals surface area contributed by atoms with Crippen LogP contribution in [0.3, 0.4) is 0 Å². The second kappa shape index (κ2) is 7.11. The Labute approximate surface area is 148 Å². The number of ether oxygens (including phenoxy) is 1. The number of benzene rings is 1. The molecule has 1 aromatic heterocycles. The number of halogens is 1. The molecule has 2 N–H and O–H groups in total. The topological polar surface area (TPSA) is 102 Å². The first-order valence-electron chi connectivity index (χ1n) is 7.15. The van der Waals surface area contributed by atoms with Gasteiger partial charge in [-0.3, -0.25) is 0 Å². The molecule has 24 heavy (non-hydrogen) atoms. The van der Waals surface area contributed by atoms with E-state index in [0.29, 0.717) is 25.7 Å². The average Bonchev–Trinajstić information content (AvgIpc) is 2.58. The maximum absolute atomic E-state index is 11.4. The van der Waals surface area contributed by atoms with E-state index in [2.05, 4.69) is 25.9 Å². The Morgan fingerprint density at radius 3 is 2.50 bits per heavy atom. The molecule has 10 heteroatoms. The number of sulfonamides is 1. The normalized spacial score (nSPS) is 19.2. The SMILES string of the molecule is NS(=O)(=O)c1ccc(N(c2ncccn2)N2CCOCC2Br)cc1. The van der Waals surface area contributed by atoms with E-state index in [1.165, 1.54) is 12.1 Å². The smallest absolute Gasteiger partial charge is 0.244 e. The third kappa shape index (κ3) is 3.73. The van der Waals surface area contributed by atoms with E-state index in [0.717, 1.165) is 5.69 Å². The summed E-state index contributed by atoms with van der Waals surface area (Å²) in [6.07, 6.45) is 3.30. The van der Waals surface area contributed by atoms with Crippen LogP contribution in [-0.2, 0) is 14.8 Å². The number of hydrazine groups is 1. The van der Waals surface area contributed by atoms with Crippen molar-refractivity contribution < 1.29 is 13.2 Å². The van der Waals surface area contributed by atoms with E-state index >= 15 is 0 Å². The Bertz CT molecular complexity index is 788. The van der Waals surface area contributed by atoms with Gasteiger partial charge in [0.25, 0.3) is 0 Å². The third-order valence-electron chi connectivity index (χ3n) is 3.45. The van der Waals surface area contributed by atoms with Crippen molar-refractivity contribution in [3.05, 3.63) is 42.7 Å². The minimum absolute atomic E-state index is 0.0533. The zero-order valence-electron chi connectivity index (χ0n) is 12.6. The molecule has 0 bridgehead atoms. The van der Waals surface area contributed by atoms with Crippen LogP contribution in [0.1, 0.15) is 0 Å². The summed E-state index contributed by atoms with van der Waals surface area (Å²) in [5, 5.41) is 9.01. The Morgan fingerprint density at radius 2 is 1.92 bits per heavy atom. The summed E-state index contributed by atoms with van der Waals surface area (Å²) in [7, 11) is -3.74. The molecular weight excluding hydrogens is 398 g/mol. The van der Waals surface area contributed by atoms with Crippen molar-refractivity contribution in [2.75, 3.05) is 24.8 Å². The van der Waals surface area contributed by atoms with E-state index in [-0.39, 0.29) is 9.85 Å². The molecule has 2 aromatic rings. The zero-order valence-corrected chi connectivity index (χ0v) is 15.0. The number of alkyl halides is 1. The van der Waals surface area contributed by atoms with Crippen molar-refractivity contribution >= 4 is 37.6 Å². The van der Waals surface area contributed by atoms with Gasteiger partial charge in [0, 0.05) is 18.9 Å². The number of rotatable bonds is 4. The lowest BCUT2D eigenvalue weighted by Crippen LogP contribution is -2.51. The lowest BCUT2D eigenvalue weighted by molar-refractivity contribution is 0.0265. The van der Waals surface area contributed by atoms with Crippen LogP contribution >= 0.6 is 15.9 Å². The minimum Gasteiger partial charge on any atom is -0.377 e. The Morgan fingerprint density at radius 1 is 1.25 bits per heavy atom. The number of anilines is 2. The third-order valence-corrected chi connectivity index (χ3v) is 5.12. The molecule has 1 saturated heterocycles. The summed E-state index contributed by atoms with van der Waals surface area (Å²) in [6.45, 7) is 1.71. The molecule has 1 aromatic carbocycles. The number of primary sulfonamides is 1. The second-order valence-electron chi connectivity index (χ2n) is 5.07. The number of hydrogen-bond acceptors (Lipinski definition) is 7. The first-order chi connectivity index (χ1) is 11.5. The van der Waals surface area contributed by atoms with Gasteiger partial charge in [0.05, 0.1) is 23.8 Å². The van der Waals surface area contributed by atoms with E-state index in [4.69, 9.17) is 9.88 Å². The maximum Gasteiger partial charge on any atom is 0.244 e. The number of hydrogen-bond donors (Lipinski definition) is 1. The number of morpholine rings is 1. The summed E-state index contributed by atoms with van der Waals surface area (Å²) < 4.78 is 28.3. The molecule has 0 spiro atoms. The van der Waals surface area contributed by atoms with Gasteiger partial charge in [-0.1, -0.05) is 15.9 Å². The van der Waals surface area contributed by atoms with Gasteiger partial charge in [0.1, 0.15) is 4.95 Å². The van der Waals surface area contributed by atoms with Gasteiger partial charge in [-0.2, -0.15) is 5.01 Å². The molecule has 1 aliphatic rings. The lowest BCUT2D eigenvalue weighted by atomic mass is 10.3. The molecule has 0 amide bonds. The first-order valence-corrected chi connectivity index (χ1v) is 9.61. The van der Waals surface area contributed by atoms with Gasteiger partial charge in [-0.05, 0) is 30.3 Å². The van der Waals surface area contributed by atoms with Crippen molar-refractivity contribution in [1.29, 1.82) is 0 Å². The van der Waals surface area contributed by atoms with Crippen LogP contribution in [-0.4, -0.2) is 48.1 Å². The largest absolute Gasteiger partial charge is 0.377 e. The highest BCUT2D eigenvalue weighted by atomic mass is 79.9. The predicted molar refractivity (Wildman–Crippen MR) is 92.2 cm³/mol. The van der Waals surface area contributed by atoms with Crippen molar-refractivity contribution in [3.8, 4) is 0 Å². The van der Waals surface area contributed by atoms with E-state index in [9.17, 15) is 8.42 Å². The van der Waals surface area contributed by atoms with Gasteiger partial charge >= 0.3 is 0 Å². The average molecular weight is 414 g/mol. The first kappa shape index (κ1) is 17.2. The van der Waals surface area contributed by atoms with Gasteiger partial charge in [-0.25, -0.2) is 28.5 Å². The minimum atomic E-state index is -3.74. The lowest BCUT2D eigenvalue weighted by Gasteiger charge is -2.40. The molecular formula is C14H16BrN5O3S. The molecule has 1 fully saturated rings. The van der Waals surface area contributed by atoms with Crippen LogP contribution in [0.2, 0.25) is 0 Å². The standard InChI is InChI=1S/C14H16BrN5O3S/c15-13-10-23-9-8-19(13)20(14-17-6-1-7-18-14)11-2-4-12(5-3-11)24(16,21)22/h1-7,13H,8-10H2,(H2,16,21,22).